The zero-order valence-electron chi connectivity index (χ0n) is 27.2. The quantitative estimate of drug-likeness (QED) is 0.154. The van der Waals surface area contributed by atoms with Crippen molar-refractivity contribution < 1.29 is 57.8 Å². The summed E-state index contributed by atoms with van der Waals surface area (Å²) in [4.78, 5) is 5.62. The zero-order chi connectivity index (χ0) is 38.6. The highest BCUT2D eigenvalue weighted by molar-refractivity contribution is 7.91. The Balaban J connectivity index is 0.000000201. The predicted octanol–water partition coefficient (Wildman–Crippen LogP) is 8.66. The van der Waals surface area contributed by atoms with Crippen LogP contribution in [0.2, 0.25) is 0 Å². The van der Waals surface area contributed by atoms with Crippen LogP contribution in [0.1, 0.15) is 41.2 Å². The second-order valence-corrected chi connectivity index (χ2v) is 16.1. The fourth-order valence-electron chi connectivity index (χ4n) is 5.96. The molecule has 0 saturated carbocycles. The summed E-state index contributed by atoms with van der Waals surface area (Å²) in [5, 5.41) is 9.90. The van der Waals surface area contributed by atoms with Crippen LogP contribution in [0.3, 0.4) is 0 Å². The van der Waals surface area contributed by atoms with Crippen molar-refractivity contribution in [1.82, 2.24) is 0 Å². The molecule has 4 aromatic carbocycles. The van der Waals surface area contributed by atoms with Gasteiger partial charge in [0.2, 0.25) is 0 Å². The highest BCUT2D eigenvalue weighted by Crippen LogP contribution is 2.51. The number of aliphatic hydroxyl groups is 1. The van der Waals surface area contributed by atoms with Gasteiger partial charge >= 0.3 is 0 Å². The summed E-state index contributed by atoms with van der Waals surface area (Å²) in [6.45, 7) is 15.1. The van der Waals surface area contributed by atoms with E-state index in [4.69, 9.17) is 22.6 Å². The average molecular weight is 763 g/mol. The normalized spacial score (nSPS) is 18.2. The Hall–Kier alpha value is -5.10. The first kappa shape index (κ1) is 38.1. The maximum atomic E-state index is 14.3. The van der Waals surface area contributed by atoms with E-state index in [0.29, 0.717) is 0 Å². The number of ether oxygens (including phenoxy) is 2. The molecule has 0 aromatic heterocycles. The molecule has 0 saturated heterocycles. The summed E-state index contributed by atoms with van der Waals surface area (Å²) in [5.74, 6) is -9.65. The first-order valence-electron chi connectivity index (χ1n) is 14.9. The number of hydrogen-bond donors (Lipinski definition) is 1. The number of benzene rings is 4. The highest BCUT2D eigenvalue weighted by Gasteiger charge is 2.51. The number of aliphatic hydroxyl groups excluding tert-OH is 1. The molecule has 0 aliphatic heterocycles. The molecular weight excluding hydrogens is 737 g/mol. The van der Waals surface area contributed by atoms with E-state index in [1.54, 1.807) is 0 Å². The molecule has 1 N–H and O–H groups in total. The molecular formula is C35H26F6N2O7S2. The number of halogens is 6. The summed E-state index contributed by atoms with van der Waals surface area (Å²) in [6, 6.07) is 11.2. The van der Waals surface area contributed by atoms with Gasteiger partial charge in [-0.3, -0.25) is 0 Å². The van der Waals surface area contributed by atoms with Crippen molar-refractivity contribution in [3.05, 3.63) is 117 Å². The van der Waals surface area contributed by atoms with E-state index >= 15 is 0 Å². The standard InChI is InChI=1S/C18H14F3NO3S.C17H12F3NO4S/c1-10-17-14(9-18(10,20)21)15(4-5-16(17)26(3,23)24)25-13-7-11(19)6-12(8-13)22-2;1-21-10-5-9(18)6-11(7-10)25-13-3-4-14(26(2,23)24)15-12(13)8-17(19,20)16(15)22/h4-8,10H,9H2,1,3H3;3-7,16,22H,8H2,2H3/t10-;16-/m00/s1/i19-1;1-1. The van der Waals surface area contributed by atoms with Crippen LogP contribution in [0, 0.1) is 24.8 Å². The predicted molar refractivity (Wildman–Crippen MR) is 175 cm³/mol. The third-order valence-corrected chi connectivity index (χ3v) is 10.6. The van der Waals surface area contributed by atoms with Crippen LogP contribution in [0.15, 0.2) is 70.5 Å². The monoisotopic (exact) mass is 762 g/mol. The molecule has 2 aliphatic rings. The van der Waals surface area contributed by atoms with Gasteiger partial charge in [0.05, 0.1) is 22.9 Å². The van der Waals surface area contributed by atoms with Gasteiger partial charge in [-0.1, -0.05) is 6.92 Å². The molecule has 0 fully saturated rings. The molecule has 2 aliphatic carbocycles. The third kappa shape index (κ3) is 7.57. The minimum atomic E-state index is -3.87. The molecule has 6 rings (SSSR count). The first-order valence-corrected chi connectivity index (χ1v) is 18.7. The van der Waals surface area contributed by atoms with Crippen molar-refractivity contribution in [2.24, 2.45) is 0 Å². The molecule has 0 amide bonds. The number of fused-ring (bicyclic) bond motifs is 2. The van der Waals surface area contributed by atoms with E-state index in [1.807, 2.05) is 0 Å². The maximum Gasteiger partial charge on any atom is 0.281 e. The van der Waals surface area contributed by atoms with Gasteiger partial charge in [-0.25, -0.2) is 52.9 Å². The van der Waals surface area contributed by atoms with Crippen LogP contribution < -0.4 is 9.47 Å². The molecule has 0 unspecified atom stereocenters. The molecule has 0 radical (unpaired) electrons. The summed E-state index contributed by atoms with van der Waals surface area (Å²) in [5.41, 5.74) is -0.524. The van der Waals surface area contributed by atoms with Crippen LogP contribution >= 0.6 is 0 Å². The molecule has 0 bridgehead atoms. The fraction of sp³-hybridized carbons (Fsp3) is 0.257. The van der Waals surface area contributed by atoms with Gasteiger partial charge in [0.15, 0.2) is 31.0 Å². The minimum absolute atomic E-state index is 0.00287. The molecule has 4 aromatic rings. The van der Waals surface area contributed by atoms with Gasteiger partial charge in [-0.2, -0.15) is 0 Å². The van der Waals surface area contributed by atoms with E-state index < -0.39 is 78.5 Å². The third-order valence-electron chi connectivity index (χ3n) is 8.34. The number of alkyl halides is 4. The SMILES string of the molecule is CS(=O)(=O)c1ccc(Oc2cc(F)cc([N+]#[11C-])c2)c2c1[C@H](O)C(F)(F)C2.[C-]#[N+]c1cc([18F])cc(Oc2ccc(S(C)(=O)=O)c3c2CC(F)(F)[C@H]3C)c1. The van der Waals surface area contributed by atoms with Crippen molar-refractivity contribution in [2.45, 2.75) is 53.4 Å². The number of rotatable bonds is 6. The van der Waals surface area contributed by atoms with E-state index in [2.05, 4.69) is 9.69 Å². The summed E-state index contributed by atoms with van der Waals surface area (Å²) < 4.78 is 142. The first-order chi connectivity index (χ1) is 24.1. The van der Waals surface area contributed by atoms with Crippen molar-refractivity contribution in [1.29, 1.82) is 0 Å². The number of sulfone groups is 2. The largest absolute Gasteiger partial charge is 0.458 e. The van der Waals surface area contributed by atoms with Crippen molar-refractivity contribution in [3.8, 4) is 23.0 Å². The van der Waals surface area contributed by atoms with Gasteiger partial charge in [0, 0.05) is 60.1 Å². The van der Waals surface area contributed by atoms with Gasteiger partial charge < -0.3 is 14.6 Å². The second-order valence-electron chi connectivity index (χ2n) is 12.2. The minimum Gasteiger partial charge on any atom is -0.458 e. The molecule has 2 atom stereocenters. The molecule has 0 spiro atoms. The van der Waals surface area contributed by atoms with Gasteiger partial charge in [-0.15, -0.1) is 0 Å². The molecule has 0 heterocycles. The van der Waals surface area contributed by atoms with Crippen LogP contribution in [0.5, 0.6) is 23.0 Å². The van der Waals surface area contributed by atoms with Crippen molar-refractivity contribution in [3.63, 3.8) is 0 Å². The van der Waals surface area contributed by atoms with Crippen LogP contribution in [0.4, 0.5) is 37.7 Å². The average Bonchev–Trinajstić information content (AvgIpc) is 3.43. The smallest absolute Gasteiger partial charge is 0.281 e. The van der Waals surface area contributed by atoms with Crippen LogP contribution in [0.25, 0.3) is 9.69 Å². The van der Waals surface area contributed by atoms with Crippen LogP contribution in [-0.2, 0) is 32.5 Å². The second kappa shape index (κ2) is 13.5. The maximum absolute atomic E-state index is 14.3. The highest BCUT2D eigenvalue weighted by atomic mass is 32.2. The van der Waals surface area contributed by atoms with E-state index in [-0.39, 0.29) is 56.0 Å². The molecule has 9 nitrogen and oxygen atoms in total. The lowest BCUT2D eigenvalue weighted by molar-refractivity contribution is -0.0976. The Morgan fingerprint density at radius 3 is 1.52 bits per heavy atom. The molecule has 17 heteroatoms. The molecule has 272 valence electrons. The van der Waals surface area contributed by atoms with Gasteiger partial charge in [-0.05, 0) is 54.1 Å². The van der Waals surface area contributed by atoms with Crippen LogP contribution in [-0.4, -0.2) is 46.3 Å². The zero-order valence-corrected chi connectivity index (χ0v) is 28.9. The summed E-state index contributed by atoms with van der Waals surface area (Å²) in [6.07, 6.45) is -2.08. The van der Waals surface area contributed by atoms with Crippen molar-refractivity contribution >= 4 is 31.0 Å². The topological polar surface area (TPSA) is 116 Å². The Morgan fingerprint density at radius 2 is 1.10 bits per heavy atom. The van der Waals surface area contributed by atoms with Gasteiger partial charge in [0.1, 0.15) is 40.7 Å². The summed E-state index contributed by atoms with van der Waals surface area (Å²) in [7, 11) is -7.57. The summed E-state index contributed by atoms with van der Waals surface area (Å²) >= 11 is 0. The lowest BCUT2D eigenvalue weighted by Crippen LogP contribution is -2.22. The Bertz CT molecular complexity index is 2260. The lowest BCUT2D eigenvalue weighted by Gasteiger charge is -2.16. The van der Waals surface area contributed by atoms with E-state index in [0.717, 1.165) is 42.8 Å². The van der Waals surface area contributed by atoms with E-state index in [9.17, 15) is 48.3 Å². The fourth-order valence-corrected chi connectivity index (χ4v) is 7.93. The Morgan fingerprint density at radius 1 is 0.692 bits per heavy atom. The Kier molecular flexibility index (Phi) is 9.88. The Labute approximate surface area is 294 Å². The number of hydrogen-bond acceptors (Lipinski definition) is 7. The van der Waals surface area contributed by atoms with Crippen molar-refractivity contribution in [2.75, 3.05) is 12.5 Å². The molecule has 52 heavy (non-hydrogen) atoms. The lowest BCUT2D eigenvalue weighted by atomic mass is 10.0. The number of nitrogens with zero attached hydrogens (tertiary/aromatic N) is 2. The van der Waals surface area contributed by atoms with Gasteiger partial charge in [0.25, 0.3) is 11.8 Å². The van der Waals surface area contributed by atoms with E-state index in [1.165, 1.54) is 37.3 Å².